The topological polar surface area (TPSA) is 35.9 Å². The Bertz CT molecular complexity index is 1000. The molecule has 6 heteroatoms. The molecule has 2 unspecified atom stereocenters. The van der Waals surface area contributed by atoms with Crippen LogP contribution in [0.2, 0.25) is 5.02 Å². The quantitative estimate of drug-likeness (QED) is 0.466. The van der Waals surface area contributed by atoms with Gasteiger partial charge in [-0.1, -0.05) is 71.8 Å². The largest absolute Gasteiger partial charge is 0.497 e. The van der Waals surface area contributed by atoms with E-state index in [0.29, 0.717) is 5.02 Å². The highest BCUT2D eigenvalue weighted by Gasteiger charge is 2.32. The maximum absolute atomic E-state index is 11.4. The predicted octanol–water partition coefficient (Wildman–Crippen LogP) is 5.67. The second-order valence-electron chi connectivity index (χ2n) is 8.48. The van der Waals surface area contributed by atoms with Gasteiger partial charge in [-0.25, -0.2) is 0 Å². The van der Waals surface area contributed by atoms with Gasteiger partial charge in [-0.2, -0.15) is 0 Å². The summed E-state index contributed by atoms with van der Waals surface area (Å²) in [7, 11) is 1.69. The minimum Gasteiger partial charge on any atom is -0.497 e. The Morgan fingerprint density at radius 3 is 2.15 bits per heavy atom. The first kappa shape index (κ1) is 25.5. The zero-order chi connectivity index (χ0) is 22.5. The van der Waals surface area contributed by atoms with Crippen LogP contribution in [0.4, 0.5) is 0 Å². The number of aryl methyl sites for hydroxylation is 1. The van der Waals surface area contributed by atoms with Crippen LogP contribution in [0.5, 0.6) is 5.75 Å². The highest BCUT2D eigenvalue weighted by atomic mass is 35.5. The van der Waals surface area contributed by atoms with Crippen LogP contribution >= 0.6 is 24.0 Å². The van der Waals surface area contributed by atoms with Gasteiger partial charge in [0.15, 0.2) is 0 Å². The summed E-state index contributed by atoms with van der Waals surface area (Å²) >= 11 is 6.60. The molecule has 0 saturated carbocycles. The molecule has 0 aliphatic carbocycles. The molecule has 0 amide bonds. The zero-order valence-electron chi connectivity index (χ0n) is 19.2. The van der Waals surface area contributed by atoms with E-state index >= 15 is 0 Å². The van der Waals surface area contributed by atoms with Crippen LogP contribution in [0.1, 0.15) is 34.4 Å². The number of nitrogens with zero attached hydrogens (tertiary/aromatic N) is 2. The molecule has 1 aliphatic heterocycles. The average molecular weight is 487 g/mol. The minimum absolute atomic E-state index is 0. The third-order valence-corrected chi connectivity index (χ3v) is 6.65. The Labute approximate surface area is 208 Å². The third-order valence-electron chi connectivity index (χ3n) is 6.31. The lowest BCUT2D eigenvalue weighted by molar-refractivity contribution is 0.0149. The van der Waals surface area contributed by atoms with Crippen LogP contribution in [0.15, 0.2) is 72.8 Å². The minimum atomic E-state index is -0.649. The van der Waals surface area contributed by atoms with Crippen LogP contribution in [0.25, 0.3) is 0 Å². The van der Waals surface area contributed by atoms with Crippen molar-refractivity contribution in [2.75, 3.05) is 33.3 Å². The van der Waals surface area contributed by atoms with Crippen molar-refractivity contribution in [3.05, 3.63) is 100 Å². The van der Waals surface area contributed by atoms with Gasteiger partial charge in [0.05, 0.1) is 19.3 Å². The summed E-state index contributed by atoms with van der Waals surface area (Å²) in [5, 5.41) is 12.1. The van der Waals surface area contributed by atoms with E-state index in [1.807, 2.05) is 48.5 Å². The lowest BCUT2D eigenvalue weighted by atomic mass is 9.93. The van der Waals surface area contributed by atoms with Gasteiger partial charge in [0.2, 0.25) is 0 Å². The van der Waals surface area contributed by atoms with E-state index in [-0.39, 0.29) is 18.4 Å². The molecule has 3 aromatic carbocycles. The van der Waals surface area contributed by atoms with Crippen molar-refractivity contribution < 1.29 is 9.84 Å². The van der Waals surface area contributed by atoms with Crippen molar-refractivity contribution in [2.24, 2.45) is 0 Å². The summed E-state index contributed by atoms with van der Waals surface area (Å²) in [4.78, 5) is 4.83. The van der Waals surface area contributed by atoms with E-state index in [0.717, 1.165) is 49.6 Å². The average Bonchev–Trinajstić information content (AvgIpc) is 2.82. The normalized spacial score (nSPS) is 16.6. The lowest BCUT2D eigenvalue weighted by Gasteiger charge is -2.41. The smallest absolute Gasteiger partial charge is 0.118 e. The number of halogens is 2. The van der Waals surface area contributed by atoms with Gasteiger partial charge in [0.25, 0.3) is 0 Å². The van der Waals surface area contributed by atoms with Gasteiger partial charge >= 0.3 is 0 Å². The van der Waals surface area contributed by atoms with Crippen molar-refractivity contribution in [2.45, 2.75) is 25.6 Å². The summed E-state index contributed by atoms with van der Waals surface area (Å²) in [5.41, 5.74) is 4.36. The number of hydrogen-bond acceptors (Lipinski definition) is 4. The fourth-order valence-corrected chi connectivity index (χ4v) is 4.66. The molecule has 1 heterocycles. The molecule has 2 atom stereocenters. The zero-order valence-corrected chi connectivity index (χ0v) is 20.7. The Hall–Kier alpha value is -2.08. The third kappa shape index (κ3) is 6.28. The van der Waals surface area contributed by atoms with Crippen LogP contribution < -0.4 is 4.74 Å². The Kier molecular flexibility index (Phi) is 9.19. The molecular weight excluding hydrogens is 455 g/mol. The Balaban J connectivity index is 0.00000306. The van der Waals surface area contributed by atoms with Crippen molar-refractivity contribution in [3.8, 4) is 5.75 Å². The van der Waals surface area contributed by atoms with E-state index < -0.39 is 6.10 Å². The van der Waals surface area contributed by atoms with Crippen molar-refractivity contribution in [3.63, 3.8) is 0 Å². The van der Waals surface area contributed by atoms with Gasteiger partial charge < -0.3 is 9.84 Å². The summed E-state index contributed by atoms with van der Waals surface area (Å²) in [6.45, 7) is 6.59. The van der Waals surface area contributed by atoms with Crippen molar-refractivity contribution in [1.29, 1.82) is 0 Å². The SMILES string of the molecule is COc1ccc(CN2CCN(C(c3ccccc3Cl)C(O)c3ccc(C)cc3)CC2)cc1.Cl. The Morgan fingerprint density at radius 1 is 0.909 bits per heavy atom. The molecule has 4 nitrogen and oxygen atoms in total. The molecule has 1 fully saturated rings. The maximum Gasteiger partial charge on any atom is 0.118 e. The number of benzene rings is 3. The second-order valence-corrected chi connectivity index (χ2v) is 8.89. The van der Waals surface area contributed by atoms with Gasteiger partial charge in [-0.05, 0) is 41.8 Å². The van der Waals surface area contributed by atoms with Crippen molar-refractivity contribution in [1.82, 2.24) is 9.80 Å². The van der Waals surface area contributed by atoms with E-state index in [2.05, 4.69) is 41.0 Å². The molecule has 3 aromatic rings. The van der Waals surface area contributed by atoms with E-state index in [1.165, 1.54) is 11.1 Å². The van der Waals surface area contributed by atoms with Crippen molar-refractivity contribution >= 4 is 24.0 Å². The molecule has 33 heavy (non-hydrogen) atoms. The van der Waals surface area contributed by atoms with E-state index in [1.54, 1.807) is 7.11 Å². The highest BCUT2D eigenvalue weighted by Crippen LogP contribution is 2.38. The van der Waals surface area contributed by atoms with Gasteiger partial charge in [0, 0.05) is 37.7 Å². The van der Waals surface area contributed by atoms with Crippen LogP contribution in [-0.2, 0) is 6.54 Å². The molecule has 176 valence electrons. The number of aliphatic hydroxyl groups excluding tert-OH is 1. The molecular formula is C27H32Cl2N2O2. The summed E-state index contributed by atoms with van der Waals surface area (Å²) in [5.74, 6) is 0.881. The molecule has 0 radical (unpaired) electrons. The molecule has 1 saturated heterocycles. The maximum atomic E-state index is 11.4. The molecule has 1 aliphatic rings. The number of piperazine rings is 1. The Morgan fingerprint density at radius 2 is 1.55 bits per heavy atom. The predicted molar refractivity (Wildman–Crippen MR) is 137 cm³/mol. The van der Waals surface area contributed by atoms with Gasteiger partial charge in [-0.15, -0.1) is 12.4 Å². The standard InChI is InChI=1S/C27H31ClN2O2.ClH/c1-20-7-11-22(12-8-20)27(31)26(24-5-3-4-6-25(24)28)30-17-15-29(16-18-30)19-21-9-13-23(32-2)14-10-21;/h3-14,26-27,31H,15-19H2,1-2H3;1H. The van der Waals surface area contributed by atoms with E-state index in [4.69, 9.17) is 16.3 Å². The monoisotopic (exact) mass is 486 g/mol. The van der Waals surface area contributed by atoms with Gasteiger partial charge in [-0.3, -0.25) is 9.80 Å². The molecule has 0 bridgehead atoms. The molecule has 0 spiro atoms. The molecule has 0 aromatic heterocycles. The summed E-state index contributed by atoms with van der Waals surface area (Å²) in [6.07, 6.45) is -0.649. The van der Waals surface area contributed by atoms with Crippen LogP contribution in [0, 0.1) is 6.92 Å². The van der Waals surface area contributed by atoms with Gasteiger partial charge in [0.1, 0.15) is 5.75 Å². The fraction of sp³-hybridized carbons (Fsp3) is 0.333. The lowest BCUT2D eigenvalue weighted by Crippen LogP contribution is -2.48. The first-order valence-electron chi connectivity index (χ1n) is 11.1. The highest BCUT2D eigenvalue weighted by molar-refractivity contribution is 6.31. The first-order chi connectivity index (χ1) is 15.5. The first-order valence-corrected chi connectivity index (χ1v) is 11.5. The summed E-state index contributed by atoms with van der Waals surface area (Å²) in [6, 6.07) is 24.1. The molecule has 4 rings (SSSR count). The number of methoxy groups -OCH3 is 1. The fourth-order valence-electron chi connectivity index (χ4n) is 4.42. The number of ether oxygens (including phenoxy) is 1. The second kappa shape index (κ2) is 11.9. The van der Waals surface area contributed by atoms with Crippen LogP contribution in [-0.4, -0.2) is 48.2 Å². The van der Waals surface area contributed by atoms with Crippen LogP contribution in [0.3, 0.4) is 0 Å². The number of rotatable bonds is 7. The van der Waals surface area contributed by atoms with E-state index in [9.17, 15) is 5.11 Å². The number of hydrogen-bond donors (Lipinski definition) is 1. The summed E-state index contributed by atoms with van der Waals surface area (Å²) < 4.78 is 5.26. The number of aliphatic hydroxyl groups is 1. The molecule has 1 N–H and O–H groups in total.